The fourth-order valence-corrected chi connectivity index (χ4v) is 4.93. The number of aromatic nitrogens is 4. The lowest BCUT2D eigenvalue weighted by atomic mass is 10.0. The number of piperidine rings is 1. The van der Waals surface area contributed by atoms with E-state index in [-0.39, 0.29) is 12.8 Å². The second kappa shape index (κ2) is 10.4. The molecular weight excluding hydrogens is 494 g/mol. The molecule has 2 N–H and O–H groups in total. The second-order valence-electron chi connectivity index (χ2n) is 9.95. The van der Waals surface area contributed by atoms with Gasteiger partial charge in [-0.25, -0.2) is 8.78 Å². The fourth-order valence-electron chi connectivity index (χ4n) is 4.93. The van der Waals surface area contributed by atoms with Gasteiger partial charge in [0.15, 0.2) is 0 Å². The van der Waals surface area contributed by atoms with Gasteiger partial charge in [-0.1, -0.05) is 43.0 Å². The molecule has 4 heterocycles. The molecule has 0 atom stereocenters. The number of halogens is 2. The monoisotopic (exact) mass is 522 g/mol. The molecule has 1 saturated heterocycles. The van der Waals surface area contributed by atoms with Crippen LogP contribution in [0, 0.1) is 0 Å². The van der Waals surface area contributed by atoms with Crippen molar-refractivity contribution in [2.45, 2.75) is 25.3 Å². The average Bonchev–Trinajstić information content (AvgIpc) is 3.39. The molecule has 1 aliphatic heterocycles. The summed E-state index contributed by atoms with van der Waals surface area (Å²) in [6.45, 7) is 5.61. The number of anilines is 1. The number of pyridine rings is 2. The van der Waals surface area contributed by atoms with Crippen molar-refractivity contribution < 1.29 is 8.78 Å². The highest BCUT2D eigenvalue weighted by atomic mass is 19.3. The lowest BCUT2D eigenvalue weighted by Crippen LogP contribution is -2.38. The Morgan fingerprint density at radius 1 is 0.923 bits per heavy atom. The van der Waals surface area contributed by atoms with Gasteiger partial charge in [-0.05, 0) is 41.5 Å². The summed E-state index contributed by atoms with van der Waals surface area (Å²) in [7, 11) is 0. The molecule has 0 spiro atoms. The maximum absolute atomic E-state index is 13.5. The predicted octanol–water partition coefficient (Wildman–Crippen LogP) is 7.00. The number of aromatic amines is 1. The number of nitrogens with one attached hydrogen (secondary N) is 2. The van der Waals surface area contributed by atoms with Crippen LogP contribution in [0.3, 0.4) is 0 Å². The fraction of sp³-hybridized carbons (Fsp3) is 0.194. The van der Waals surface area contributed by atoms with Crippen LogP contribution in [0.15, 0.2) is 91.9 Å². The van der Waals surface area contributed by atoms with Gasteiger partial charge in [0.05, 0.1) is 28.8 Å². The van der Waals surface area contributed by atoms with E-state index >= 15 is 0 Å². The van der Waals surface area contributed by atoms with Gasteiger partial charge in [0.1, 0.15) is 5.69 Å². The van der Waals surface area contributed by atoms with Gasteiger partial charge in [-0.15, -0.1) is 0 Å². The first-order valence-corrected chi connectivity index (χ1v) is 12.9. The van der Waals surface area contributed by atoms with Crippen LogP contribution in [0.25, 0.3) is 39.0 Å². The number of hydrogen-bond donors (Lipinski definition) is 2. The number of likely N-dealkylation sites (tertiary alicyclic amines) is 1. The second-order valence-corrected chi connectivity index (χ2v) is 9.95. The van der Waals surface area contributed by atoms with Gasteiger partial charge in [-0.3, -0.25) is 20.0 Å². The Bertz CT molecular complexity index is 1600. The summed E-state index contributed by atoms with van der Waals surface area (Å²) >= 11 is 0. The lowest BCUT2D eigenvalue weighted by Gasteiger charge is -2.31. The van der Waals surface area contributed by atoms with Crippen molar-refractivity contribution >= 4 is 22.3 Å². The van der Waals surface area contributed by atoms with Crippen molar-refractivity contribution in [2.75, 3.05) is 18.4 Å². The SMILES string of the molecule is C=C(Nc1ccc(-c2ccccc2)nc1)c1n[nH]c2ccc(-c3cncc(CN4CCC(F)(F)CC4)c3)cc12. The van der Waals surface area contributed by atoms with E-state index < -0.39 is 5.92 Å². The van der Waals surface area contributed by atoms with Crippen molar-refractivity contribution in [2.24, 2.45) is 0 Å². The number of alkyl halides is 2. The zero-order valence-corrected chi connectivity index (χ0v) is 21.4. The van der Waals surface area contributed by atoms with Gasteiger partial charge in [0, 0.05) is 61.4 Å². The van der Waals surface area contributed by atoms with Crippen LogP contribution in [-0.2, 0) is 6.54 Å². The number of nitrogens with zero attached hydrogens (tertiary/aromatic N) is 4. The van der Waals surface area contributed by atoms with E-state index in [1.54, 1.807) is 12.4 Å². The van der Waals surface area contributed by atoms with E-state index in [4.69, 9.17) is 0 Å². The number of hydrogen-bond acceptors (Lipinski definition) is 5. The smallest absolute Gasteiger partial charge is 0.250 e. The van der Waals surface area contributed by atoms with Crippen LogP contribution in [0.2, 0.25) is 0 Å². The van der Waals surface area contributed by atoms with E-state index in [0.29, 0.717) is 25.3 Å². The zero-order valence-electron chi connectivity index (χ0n) is 21.4. The van der Waals surface area contributed by atoms with Crippen LogP contribution in [-0.4, -0.2) is 44.1 Å². The van der Waals surface area contributed by atoms with E-state index in [2.05, 4.69) is 49.1 Å². The van der Waals surface area contributed by atoms with Gasteiger partial charge >= 0.3 is 0 Å². The third-order valence-electron chi connectivity index (χ3n) is 7.10. The summed E-state index contributed by atoms with van der Waals surface area (Å²) in [6.07, 6.45) is 5.23. The molecule has 39 heavy (non-hydrogen) atoms. The third kappa shape index (κ3) is 5.56. The van der Waals surface area contributed by atoms with Gasteiger partial charge in [0.25, 0.3) is 5.92 Å². The zero-order chi connectivity index (χ0) is 26.8. The molecule has 6 rings (SSSR count). The molecule has 0 amide bonds. The van der Waals surface area contributed by atoms with Crippen LogP contribution in [0.1, 0.15) is 24.1 Å². The number of benzene rings is 2. The summed E-state index contributed by atoms with van der Waals surface area (Å²) < 4.78 is 27.1. The Balaban J connectivity index is 1.19. The van der Waals surface area contributed by atoms with Crippen molar-refractivity contribution in [1.29, 1.82) is 0 Å². The molecule has 0 radical (unpaired) electrons. The minimum atomic E-state index is -2.55. The van der Waals surface area contributed by atoms with Crippen LogP contribution < -0.4 is 5.32 Å². The summed E-state index contributed by atoms with van der Waals surface area (Å²) in [6, 6.07) is 22.1. The van der Waals surface area contributed by atoms with Crippen molar-refractivity contribution in [3.63, 3.8) is 0 Å². The molecule has 1 aliphatic rings. The van der Waals surface area contributed by atoms with Crippen molar-refractivity contribution in [3.8, 4) is 22.4 Å². The van der Waals surface area contributed by atoms with Gasteiger partial charge < -0.3 is 5.32 Å². The lowest BCUT2D eigenvalue weighted by molar-refractivity contribution is -0.0566. The molecule has 6 nitrogen and oxygen atoms in total. The highest BCUT2D eigenvalue weighted by Crippen LogP contribution is 2.31. The first-order valence-electron chi connectivity index (χ1n) is 12.9. The van der Waals surface area contributed by atoms with Crippen LogP contribution >= 0.6 is 0 Å². The molecule has 0 aliphatic carbocycles. The third-order valence-corrected chi connectivity index (χ3v) is 7.10. The predicted molar refractivity (Wildman–Crippen MR) is 151 cm³/mol. The molecule has 2 aromatic carbocycles. The number of rotatable bonds is 7. The Morgan fingerprint density at radius 2 is 1.74 bits per heavy atom. The quantitative estimate of drug-likeness (QED) is 0.241. The molecular formula is C31H28F2N6. The van der Waals surface area contributed by atoms with E-state index in [9.17, 15) is 8.78 Å². The Labute approximate surface area is 225 Å². The summed E-state index contributed by atoms with van der Waals surface area (Å²) in [5.41, 5.74) is 8.00. The van der Waals surface area contributed by atoms with Crippen LogP contribution in [0.5, 0.6) is 0 Å². The minimum absolute atomic E-state index is 0.0921. The largest absolute Gasteiger partial charge is 0.353 e. The molecule has 0 unspecified atom stereocenters. The summed E-state index contributed by atoms with van der Waals surface area (Å²) in [4.78, 5) is 11.1. The number of fused-ring (bicyclic) bond motifs is 1. The number of H-pyrrole nitrogens is 1. The Kier molecular flexibility index (Phi) is 6.62. The standard InChI is InChI=1S/C31H28F2N6/c1-21(36-26-8-10-28(35-19-26)23-5-3-2-4-6-23)30-27-16-24(7-9-29(27)37-38-30)25-15-22(17-34-18-25)20-39-13-11-31(32,33)12-14-39/h2-10,15-19,36H,1,11-14,20H2,(H,37,38). The molecule has 3 aromatic heterocycles. The van der Waals surface area contributed by atoms with E-state index in [0.717, 1.165) is 50.2 Å². The molecule has 1 fully saturated rings. The van der Waals surface area contributed by atoms with Gasteiger partial charge in [0.2, 0.25) is 0 Å². The Morgan fingerprint density at radius 3 is 2.51 bits per heavy atom. The normalized spacial score (nSPS) is 15.3. The van der Waals surface area contributed by atoms with Crippen LogP contribution in [0.4, 0.5) is 14.5 Å². The van der Waals surface area contributed by atoms with Crippen molar-refractivity contribution in [1.82, 2.24) is 25.1 Å². The van der Waals surface area contributed by atoms with E-state index in [1.807, 2.05) is 60.8 Å². The summed E-state index contributed by atoms with van der Waals surface area (Å²) in [5.74, 6) is -2.55. The average molecular weight is 523 g/mol. The highest BCUT2D eigenvalue weighted by Gasteiger charge is 2.33. The first-order chi connectivity index (χ1) is 18.9. The van der Waals surface area contributed by atoms with Gasteiger partial charge in [-0.2, -0.15) is 5.10 Å². The molecule has 8 heteroatoms. The first kappa shape index (κ1) is 24.9. The molecule has 0 saturated carbocycles. The molecule has 196 valence electrons. The summed E-state index contributed by atoms with van der Waals surface area (Å²) in [5, 5.41) is 11.9. The van der Waals surface area contributed by atoms with Crippen molar-refractivity contribution in [3.05, 3.63) is 103 Å². The molecule has 0 bridgehead atoms. The van der Waals surface area contributed by atoms with E-state index in [1.165, 1.54) is 0 Å². The maximum atomic E-state index is 13.5. The Hall–Kier alpha value is -4.43. The maximum Gasteiger partial charge on any atom is 0.250 e. The topological polar surface area (TPSA) is 69.7 Å². The molecule has 5 aromatic rings. The highest BCUT2D eigenvalue weighted by molar-refractivity contribution is 5.95. The minimum Gasteiger partial charge on any atom is -0.353 e.